The first-order valence-corrected chi connectivity index (χ1v) is 12.0. The summed E-state index contributed by atoms with van der Waals surface area (Å²) in [6.45, 7) is 3.71. The van der Waals surface area contributed by atoms with Crippen LogP contribution in [-0.4, -0.2) is 43.2 Å². The van der Waals surface area contributed by atoms with Gasteiger partial charge >= 0.3 is 5.69 Å². The van der Waals surface area contributed by atoms with Gasteiger partial charge in [0.05, 0.1) is 26.9 Å². The number of carbonyl (C=O) groups excluding carboxylic acids is 1. The molecule has 1 aromatic carbocycles. The van der Waals surface area contributed by atoms with Gasteiger partial charge in [0.2, 0.25) is 11.9 Å². The second-order valence-corrected chi connectivity index (χ2v) is 9.05. The van der Waals surface area contributed by atoms with Crippen LogP contribution in [0.4, 0.5) is 10.3 Å². The molecule has 11 heteroatoms. The molecule has 0 saturated heterocycles. The Kier molecular flexibility index (Phi) is 6.18. The first-order chi connectivity index (χ1) is 16.9. The molecule has 4 heterocycles. The van der Waals surface area contributed by atoms with E-state index in [0.29, 0.717) is 47.2 Å². The summed E-state index contributed by atoms with van der Waals surface area (Å²) >= 11 is 1.26. The van der Waals surface area contributed by atoms with E-state index >= 15 is 0 Å². The second kappa shape index (κ2) is 9.43. The molecule has 2 N–H and O–H groups in total. The predicted octanol–water partition coefficient (Wildman–Crippen LogP) is 4.16. The van der Waals surface area contributed by atoms with Crippen molar-refractivity contribution in [3.05, 3.63) is 63.9 Å². The maximum Gasteiger partial charge on any atom is 0.326 e. The number of nitrogens with zero attached hydrogens (tertiary/aromatic N) is 4. The molecule has 0 atom stereocenters. The van der Waals surface area contributed by atoms with Gasteiger partial charge in [0.1, 0.15) is 0 Å². The van der Waals surface area contributed by atoms with Gasteiger partial charge in [0, 0.05) is 43.9 Å². The number of rotatable bonds is 8. The number of anilines is 1. The normalized spacial score (nSPS) is 11.5. The molecule has 35 heavy (non-hydrogen) atoms. The molecule has 0 aliphatic heterocycles. The van der Waals surface area contributed by atoms with E-state index in [9.17, 15) is 14.0 Å². The van der Waals surface area contributed by atoms with Crippen molar-refractivity contribution in [2.45, 2.75) is 19.9 Å². The number of amides is 1. The first kappa shape index (κ1) is 22.9. The monoisotopic (exact) mass is 494 g/mol. The minimum absolute atomic E-state index is 0.202. The number of ether oxygens (including phenoxy) is 1. The molecular formula is C24H23FN6O3S. The van der Waals surface area contributed by atoms with Gasteiger partial charge in [-0.2, -0.15) is 4.39 Å². The van der Waals surface area contributed by atoms with Crippen LogP contribution < -0.4 is 11.0 Å². The number of nitrogens with one attached hydrogen (secondary N) is 2. The Bertz CT molecular complexity index is 1600. The van der Waals surface area contributed by atoms with Crippen molar-refractivity contribution in [2.75, 3.05) is 18.5 Å². The standard InChI is InChI=1S/C24H23FN6O3S/c1-3-34-10-4-9-31-18-13-17-15(28-24(33)30(17)2)12-16(18)27-23(31)29-22(32)20-6-5-19(35-20)14-7-8-26-21(25)11-14/h5-8,11-13H,3-4,9-10H2,1-2H3,(H,28,33)(H,27,29,32). The lowest BCUT2D eigenvalue weighted by Gasteiger charge is -2.10. The molecular weight excluding hydrogens is 471 g/mol. The fourth-order valence-corrected chi connectivity index (χ4v) is 4.87. The van der Waals surface area contributed by atoms with Crippen molar-refractivity contribution in [1.82, 2.24) is 24.1 Å². The zero-order chi connectivity index (χ0) is 24.5. The third-order valence-electron chi connectivity index (χ3n) is 5.71. The number of aryl methyl sites for hydroxylation is 2. The van der Waals surface area contributed by atoms with Crippen LogP contribution in [0.5, 0.6) is 0 Å². The maximum absolute atomic E-state index is 13.5. The largest absolute Gasteiger partial charge is 0.382 e. The number of pyridine rings is 1. The molecule has 0 spiro atoms. The van der Waals surface area contributed by atoms with Gasteiger partial charge in [0.15, 0.2) is 0 Å². The third-order valence-corrected chi connectivity index (χ3v) is 6.85. The summed E-state index contributed by atoms with van der Waals surface area (Å²) in [7, 11) is 1.70. The van der Waals surface area contributed by atoms with E-state index in [-0.39, 0.29) is 11.6 Å². The number of aromatic nitrogens is 5. The van der Waals surface area contributed by atoms with Crippen LogP contribution in [0.2, 0.25) is 0 Å². The highest BCUT2D eigenvalue weighted by molar-refractivity contribution is 7.17. The Hall–Kier alpha value is -3.83. The average Bonchev–Trinajstić information content (AvgIpc) is 3.53. The summed E-state index contributed by atoms with van der Waals surface area (Å²) in [5.41, 5.74) is 3.34. The molecule has 0 unspecified atom stereocenters. The van der Waals surface area contributed by atoms with Gasteiger partial charge in [0.25, 0.3) is 5.91 Å². The van der Waals surface area contributed by atoms with Crippen molar-refractivity contribution >= 4 is 45.3 Å². The van der Waals surface area contributed by atoms with Crippen LogP contribution in [-0.2, 0) is 18.3 Å². The Morgan fingerprint density at radius 1 is 1.23 bits per heavy atom. The van der Waals surface area contributed by atoms with Crippen molar-refractivity contribution in [3.63, 3.8) is 0 Å². The quantitative estimate of drug-likeness (QED) is 0.249. The fraction of sp³-hybridized carbons (Fsp3) is 0.250. The van der Waals surface area contributed by atoms with E-state index < -0.39 is 5.95 Å². The van der Waals surface area contributed by atoms with E-state index in [4.69, 9.17) is 4.74 Å². The lowest BCUT2D eigenvalue weighted by molar-refractivity contribution is 0.102. The molecule has 0 radical (unpaired) electrons. The second-order valence-electron chi connectivity index (χ2n) is 7.97. The lowest BCUT2D eigenvalue weighted by atomic mass is 10.2. The summed E-state index contributed by atoms with van der Waals surface area (Å²) in [4.78, 5) is 37.4. The number of thiophene rings is 1. The summed E-state index contributed by atoms with van der Waals surface area (Å²) in [6, 6.07) is 10.2. The van der Waals surface area contributed by atoms with E-state index in [1.54, 1.807) is 29.8 Å². The maximum atomic E-state index is 13.5. The number of fused-ring (bicyclic) bond motifs is 2. The molecule has 0 bridgehead atoms. The van der Waals surface area contributed by atoms with Gasteiger partial charge in [-0.05, 0) is 49.2 Å². The molecule has 5 aromatic rings. The van der Waals surface area contributed by atoms with Crippen LogP contribution in [0.25, 0.3) is 32.5 Å². The third kappa shape index (κ3) is 4.47. The lowest BCUT2D eigenvalue weighted by Crippen LogP contribution is -2.15. The summed E-state index contributed by atoms with van der Waals surface area (Å²) in [5.74, 6) is -0.476. The smallest absolute Gasteiger partial charge is 0.326 e. The van der Waals surface area contributed by atoms with Crippen molar-refractivity contribution in [2.24, 2.45) is 7.05 Å². The summed E-state index contributed by atoms with van der Waals surface area (Å²) in [6.07, 6.45) is 2.12. The zero-order valence-electron chi connectivity index (χ0n) is 19.2. The van der Waals surface area contributed by atoms with Gasteiger partial charge in [-0.25, -0.2) is 14.8 Å². The number of H-pyrrole nitrogens is 1. The summed E-state index contributed by atoms with van der Waals surface area (Å²) in [5, 5.41) is 2.92. The highest BCUT2D eigenvalue weighted by Crippen LogP contribution is 2.30. The topological polar surface area (TPSA) is 107 Å². The number of carbonyl (C=O) groups is 1. The molecule has 9 nitrogen and oxygen atoms in total. The highest BCUT2D eigenvalue weighted by Gasteiger charge is 2.18. The van der Waals surface area contributed by atoms with E-state index in [1.807, 2.05) is 23.6 Å². The van der Waals surface area contributed by atoms with E-state index in [0.717, 1.165) is 22.3 Å². The van der Waals surface area contributed by atoms with Crippen molar-refractivity contribution < 1.29 is 13.9 Å². The van der Waals surface area contributed by atoms with Crippen LogP contribution in [0.15, 0.2) is 47.4 Å². The zero-order valence-corrected chi connectivity index (χ0v) is 20.0. The number of halogens is 1. The fourth-order valence-electron chi connectivity index (χ4n) is 3.97. The highest BCUT2D eigenvalue weighted by atomic mass is 32.1. The van der Waals surface area contributed by atoms with Crippen LogP contribution >= 0.6 is 11.3 Å². The molecule has 0 aliphatic carbocycles. The number of aromatic amines is 1. The number of imidazole rings is 2. The Morgan fingerprint density at radius 3 is 2.89 bits per heavy atom. The Balaban J connectivity index is 1.48. The van der Waals surface area contributed by atoms with Crippen LogP contribution in [0, 0.1) is 5.95 Å². The molecule has 5 rings (SSSR count). The van der Waals surface area contributed by atoms with Gasteiger partial charge in [-0.3, -0.25) is 14.7 Å². The Morgan fingerprint density at radius 2 is 2.09 bits per heavy atom. The average molecular weight is 495 g/mol. The number of benzene rings is 1. The summed E-state index contributed by atoms with van der Waals surface area (Å²) < 4.78 is 22.4. The molecule has 0 fully saturated rings. The van der Waals surface area contributed by atoms with E-state index in [2.05, 4.69) is 20.3 Å². The van der Waals surface area contributed by atoms with Crippen molar-refractivity contribution in [1.29, 1.82) is 0 Å². The molecule has 1 amide bonds. The van der Waals surface area contributed by atoms with Crippen LogP contribution in [0.1, 0.15) is 23.0 Å². The van der Waals surface area contributed by atoms with Gasteiger partial charge in [-0.15, -0.1) is 11.3 Å². The van der Waals surface area contributed by atoms with Gasteiger partial charge in [-0.1, -0.05) is 0 Å². The van der Waals surface area contributed by atoms with Gasteiger partial charge < -0.3 is 14.3 Å². The predicted molar refractivity (Wildman–Crippen MR) is 133 cm³/mol. The minimum Gasteiger partial charge on any atom is -0.382 e. The molecule has 0 saturated carbocycles. The van der Waals surface area contributed by atoms with Crippen molar-refractivity contribution in [3.8, 4) is 10.4 Å². The first-order valence-electron chi connectivity index (χ1n) is 11.1. The number of hydrogen-bond acceptors (Lipinski definition) is 6. The molecule has 0 aliphatic rings. The van der Waals surface area contributed by atoms with E-state index in [1.165, 1.54) is 23.6 Å². The molecule has 180 valence electrons. The number of hydrogen-bond donors (Lipinski definition) is 2. The SMILES string of the molecule is CCOCCCn1c(NC(=O)c2ccc(-c3ccnc(F)c3)s2)nc2cc3[nH]c(=O)n(C)c3cc21. The molecule has 4 aromatic heterocycles. The minimum atomic E-state index is -0.573. The van der Waals surface area contributed by atoms with Crippen LogP contribution in [0.3, 0.4) is 0 Å². The Labute approximate surface area is 203 Å².